The number of benzene rings is 1. The standard InChI is InChI=1S/C15H20N2O3/c1-3-6-13-16-12-8-5-7-11(15(18)19)14(12)17(13)9-10-20-4-2/h5,7-8H,3-4,6,9-10H2,1-2H3,(H,18,19). The zero-order valence-corrected chi connectivity index (χ0v) is 11.9. The van der Waals surface area contributed by atoms with E-state index in [9.17, 15) is 9.90 Å². The molecule has 0 saturated heterocycles. The topological polar surface area (TPSA) is 64.3 Å². The lowest BCUT2D eigenvalue weighted by Crippen LogP contribution is -2.11. The lowest BCUT2D eigenvalue weighted by atomic mass is 10.2. The lowest BCUT2D eigenvalue weighted by molar-refractivity contribution is 0.0698. The predicted octanol–water partition coefficient (Wildman–Crippen LogP) is 2.72. The molecule has 0 bridgehead atoms. The van der Waals surface area contributed by atoms with E-state index in [0.29, 0.717) is 30.8 Å². The summed E-state index contributed by atoms with van der Waals surface area (Å²) in [4.78, 5) is 16.0. The van der Waals surface area contributed by atoms with Crippen molar-refractivity contribution in [3.8, 4) is 0 Å². The van der Waals surface area contributed by atoms with Gasteiger partial charge in [-0.3, -0.25) is 0 Å². The van der Waals surface area contributed by atoms with Crippen molar-refractivity contribution in [3.05, 3.63) is 29.6 Å². The molecule has 0 amide bonds. The van der Waals surface area contributed by atoms with Crippen LogP contribution >= 0.6 is 0 Å². The van der Waals surface area contributed by atoms with Gasteiger partial charge in [-0.2, -0.15) is 0 Å². The van der Waals surface area contributed by atoms with Crippen molar-refractivity contribution >= 4 is 17.0 Å². The fourth-order valence-corrected chi connectivity index (χ4v) is 2.36. The number of aryl methyl sites for hydroxylation is 1. The number of rotatable bonds is 7. The number of imidazole rings is 1. The molecule has 0 unspecified atom stereocenters. The molecule has 2 rings (SSSR count). The molecule has 0 fully saturated rings. The Balaban J connectivity index is 2.52. The SMILES string of the molecule is CCCc1nc2cccc(C(=O)O)c2n1CCOCC. The van der Waals surface area contributed by atoms with Crippen LogP contribution in [0.25, 0.3) is 11.0 Å². The molecule has 0 spiro atoms. The van der Waals surface area contributed by atoms with Gasteiger partial charge in [0.05, 0.1) is 23.2 Å². The van der Waals surface area contributed by atoms with E-state index in [0.717, 1.165) is 24.2 Å². The zero-order valence-electron chi connectivity index (χ0n) is 11.9. The molecule has 20 heavy (non-hydrogen) atoms. The quantitative estimate of drug-likeness (QED) is 0.790. The number of nitrogens with zero attached hydrogens (tertiary/aromatic N) is 2. The first-order chi connectivity index (χ1) is 9.69. The first-order valence-corrected chi connectivity index (χ1v) is 6.98. The van der Waals surface area contributed by atoms with Crippen LogP contribution in [0.1, 0.15) is 36.5 Å². The molecule has 0 saturated carbocycles. The maximum atomic E-state index is 11.4. The monoisotopic (exact) mass is 276 g/mol. The largest absolute Gasteiger partial charge is 0.478 e. The van der Waals surface area contributed by atoms with Crippen LogP contribution in [0, 0.1) is 0 Å². The van der Waals surface area contributed by atoms with E-state index in [1.165, 1.54) is 0 Å². The molecule has 0 aliphatic carbocycles. The lowest BCUT2D eigenvalue weighted by Gasteiger charge is -2.10. The molecular formula is C15H20N2O3. The van der Waals surface area contributed by atoms with Crippen LogP contribution in [0.3, 0.4) is 0 Å². The summed E-state index contributed by atoms with van der Waals surface area (Å²) in [5, 5.41) is 9.35. The second-order valence-electron chi connectivity index (χ2n) is 4.61. The molecular weight excluding hydrogens is 256 g/mol. The molecule has 1 N–H and O–H groups in total. The van der Waals surface area contributed by atoms with E-state index in [1.54, 1.807) is 12.1 Å². The highest BCUT2D eigenvalue weighted by Crippen LogP contribution is 2.21. The molecule has 1 aromatic carbocycles. The molecule has 0 aliphatic heterocycles. The Morgan fingerprint density at radius 3 is 2.85 bits per heavy atom. The molecule has 0 atom stereocenters. The van der Waals surface area contributed by atoms with Crippen LogP contribution < -0.4 is 0 Å². The molecule has 0 radical (unpaired) electrons. The van der Waals surface area contributed by atoms with Crippen molar-refractivity contribution in [1.82, 2.24) is 9.55 Å². The number of hydrogen-bond acceptors (Lipinski definition) is 3. The van der Waals surface area contributed by atoms with Crippen LogP contribution in [0.4, 0.5) is 0 Å². The minimum absolute atomic E-state index is 0.300. The van der Waals surface area contributed by atoms with E-state index in [-0.39, 0.29) is 0 Å². The maximum absolute atomic E-state index is 11.4. The third-order valence-corrected chi connectivity index (χ3v) is 3.21. The van der Waals surface area contributed by atoms with E-state index in [1.807, 2.05) is 17.6 Å². The number of carbonyl (C=O) groups is 1. The molecule has 5 heteroatoms. The Morgan fingerprint density at radius 1 is 1.40 bits per heavy atom. The number of fused-ring (bicyclic) bond motifs is 1. The van der Waals surface area contributed by atoms with Crippen LogP contribution in [0.15, 0.2) is 18.2 Å². The molecule has 5 nitrogen and oxygen atoms in total. The number of aromatic carboxylic acids is 1. The van der Waals surface area contributed by atoms with E-state index in [2.05, 4.69) is 11.9 Å². The van der Waals surface area contributed by atoms with Gasteiger partial charge in [0, 0.05) is 19.6 Å². The molecule has 2 aromatic rings. The normalized spacial score (nSPS) is 11.1. The fraction of sp³-hybridized carbons (Fsp3) is 0.467. The maximum Gasteiger partial charge on any atom is 0.337 e. The van der Waals surface area contributed by atoms with Gasteiger partial charge in [0.1, 0.15) is 5.82 Å². The smallest absolute Gasteiger partial charge is 0.337 e. The van der Waals surface area contributed by atoms with Gasteiger partial charge in [0.25, 0.3) is 0 Å². The van der Waals surface area contributed by atoms with E-state index < -0.39 is 5.97 Å². The Kier molecular flexibility index (Phi) is 4.74. The van der Waals surface area contributed by atoms with Crippen molar-refractivity contribution in [2.24, 2.45) is 0 Å². The van der Waals surface area contributed by atoms with Gasteiger partial charge in [-0.15, -0.1) is 0 Å². The first kappa shape index (κ1) is 14.5. The number of carboxylic acid groups (broad SMARTS) is 1. The Labute approximate surface area is 118 Å². The minimum atomic E-state index is -0.920. The summed E-state index contributed by atoms with van der Waals surface area (Å²) in [5.74, 6) is 0.00658. The Bertz CT molecular complexity index is 604. The van der Waals surface area contributed by atoms with Gasteiger partial charge in [-0.25, -0.2) is 9.78 Å². The van der Waals surface area contributed by atoms with Crippen LogP contribution in [0.5, 0.6) is 0 Å². The summed E-state index contributed by atoms with van der Waals surface area (Å²) in [6.07, 6.45) is 1.81. The van der Waals surface area contributed by atoms with Crippen molar-refractivity contribution < 1.29 is 14.6 Å². The predicted molar refractivity (Wildman–Crippen MR) is 77.2 cm³/mol. The fourth-order valence-electron chi connectivity index (χ4n) is 2.36. The highest BCUT2D eigenvalue weighted by Gasteiger charge is 2.16. The highest BCUT2D eigenvalue weighted by molar-refractivity contribution is 6.01. The third-order valence-electron chi connectivity index (χ3n) is 3.21. The van der Waals surface area contributed by atoms with Gasteiger partial charge in [-0.05, 0) is 25.5 Å². The Hall–Kier alpha value is -1.88. The van der Waals surface area contributed by atoms with Gasteiger partial charge >= 0.3 is 5.97 Å². The van der Waals surface area contributed by atoms with Crippen LogP contribution in [-0.2, 0) is 17.7 Å². The van der Waals surface area contributed by atoms with E-state index in [4.69, 9.17) is 4.74 Å². The number of aromatic nitrogens is 2. The van der Waals surface area contributed by atoms with Crippen LogP contribution in [-0.4, -0.2) is 33.8 Å². The zero-order chi connectivity index (χ0) is 14.5. The average Bonchev–Trinajstić information content (AvgIpc) is 2.77. The summed E-state index contributed by atoms with van der Waals surface area (Å²) >= 11 is 0. The minimum Gasteiger partial charge on any atom is -0.478 e. The number of ether oxygens (including phenoxy) is 1. The third kappa shape index (κ3) is 2.82. The van der Waals surface area contributed by atoms with Crippen molar-refractivity contribution in [1.29, 1.82) is 0 Å². The van der Waals surface area contributed by atoms with Crippen molar-refractivity contribution in [2.45, 2.75) is 33.2 Å². The van der Waals surface area contributed by atoms with Crippen LogP contribution in [0.2, 0.25) is 0 Å². The molecule has 1 heterocycles. The van der Waals surface area contributed by atoms with E-state index >= 15 is 0 Å². The second kappa shape index (κ2) is 6.52. The molecule has 108 valence electrons. The Morgan fingerprint density at radius 2 is 2.20 bits per heavy atom. The summed E-state index contributed by atoms with van der Waals surface area (Å²) < 4.78 is 7.38. The second-order valence-corrected chi connectivity index (χ2v) is 4.61. The molecule has 1 aromatic heterocycles. The molecule has 0 aliphatic rings. The first-order valence-electron chi connectivity index (χ1n) is 6.98. The summed E-state index contributed by atoms with van der Waals surface area (Å²) in [5.41, 5.74) is 1.74. The average molecular weight is 276 g/mol. The number of carboxylic acids is 1. The summed E-state index contributed by atoms with van der Waals surface area (Å²) in [7, 11) is 0. The number of hydrogen-bond donors (Lipinski definition) is 1. The van der Waals surface area contributed by atoms with Gasteiger partial charge < -0.3 is 14.4 Å². The summed E-state index contributed by atoms with van der Waals surface area (Å²) in [6.45, 7) is 5.88. The number of para-hydroxylation sites is 1. The van der Waals surface area contributed by atoms with Crippen molar-refractivity contribution in [3.63, 3.8) is 0 Å². The van der Waals surface area contributed by atoms with Gasteiger partial charge in [0.15, 0.2) is 0 Å². The highest BCUT2D eigenvalue weighted by atomic mass is 16.5. The van der Waals surface area contributed by atoms with Gasteiger partial charge in [-0.1, -0.05) is 13.0 Å². The van der Waals surface area contributed by atoms with Gasteiger partial charge in [0.2, 0.25) is 0 Å². The van der Waals surface area contributed by atoms with Crippen molar-refractivity contribution in [2.75, 3.05) is 13.2 Å². The summed E-state index contributed by atoms with van der Waals surface area (Å²) in [6, 6.07) is 5.22.